The quantitative estimate of drug-likeness (QED) is 0.638. The van der Waals surface area contributed by atoms with Gasteiger partial charge in [-0.2, -0.15) is 0 Å². The molecule has 1 heterocycles. The Bertz CT molecular complexity index is 905. The van der Waals surface area contributed by atoms with E-state index in [0.717, 1.165) is 11.4 Å². The highest BCUT2D eigenvalue weighted by atomic mass is 32.1. The number of amides is 1. The average molecular weight is 353 g/mol. The summed E-state index contributed by atoms with van der Waals surface area (Å²) < 4.78 is 0. The summed E-state index contributed by atoms with van der Waals surface area (Å²) in [4.78, 5) is 16.4. The zero-order chi connectivity index (χ0) is 17.8. The van der Waals surface area contributed by atoms with Crippen LogP contribution in [0.1, 0.15) is 27.2 Å². The number of aromatic hydroxyl groups is 1. The van der Waals surface area contributed by atoms with Gasteiger partial charge in [0.05, 0.1) is 11.3 Å². The van der Waals surface area contributed by atoms with Crippen molar-refractivity contribution < 1.29 is 9.90 Å². The molecule has 0 saturated carbocycles. The average Bonchev–Trinajstić information content (AvgIpc) is 2.99. The number of nitrogens with zero attached hydrogens (tertiary/aromatic N) is 1. The molecule has 3 N–H and O–H groups in total. The van der Waals surface area contributed by atoms with Crippen LogP contribution in [0.3, 0.4) is 0 Å². The van der Waals surface area contributed by atoms with Crippen LogP contribution in [0.2, 0.25) is 0 Å². The van der Waals surface area contributed by atoms with Gasteiger partial charge in [0.2, 0.25) is 0 Å². The summed E-state index contributed by atoms with van der Waals surface area (Å²) >= 11 is 1.35. The van der Waals surface area contributed by atoms with E-state index in [2.05, 4.69) is 34.7 Å². The Morgan fingerprint density at radius 1 is 1.20 bits per heavy atom. The van der Waals surface area contributed by atoms with Crippen LogP contribution < -0.4 is 10.6 Å². The normalized spacial score (nSPS) is 10.5. The maximum absolute atomic E-state index is 12.3. The van der Waals surface area contributed by atoms with Gasteiger partial charge in [0, 0.05) is 23.7 Å². The van der Waals surface area contributed by atoms with Gasteiger partial charge >= 0.3 is 0 Å². The number of carbonyl (C=O) groups is 1. The number of hydrogen-bond acceptors (Lipinski definition) is 5. The highest BCUT2D eigenvalue weighted by Gasteiger charge is 2.13. The Morgan fingerprint density at radius 3 is 2.68 bits per heavy atom. The largest absolute Gasteiger partial charge is 0.507 e. The van der Waals surface area contributed by atoms with E-state index in [1.54, 1.807) is 18.2 Å². The number of hydrogen-bond donors (Lipinski definition) is 3. The van der Waals surface area contributed by atoms with Crippen molar-refractivity contribution in [1.29, 1.82) is 0 Å². The molecule has 0 saturated heterocycles. The van der Waals surface area contributed by atoms with Crippen LogP contribution >= 0.6 is 11.3 Å². The molecule has 1 aromatic heterocycles. The van der Waals surface area contributed by atoms with Crippen LogP contribution in [0.4, 0.5) is 10.8 Å². The van der Waals surface area contributed by atoms with Gasteiger partial charge in [-0.15, -0.1) is 11.3 Å². The molecule has 0 radical (unpaired) electrons. The van der Waals surface area contributed by atoms with Crippen LogP contribution in [0.25, 0.3) is 0 Å². The van der Waals surface area contributed by atoms with E-state index in [0.29, 0.717) is 11.7 Å². The molecule has 128 valence electrons. The number of phenols is 1. The molecule has 1 amide bonds. The second-order valence-electron chi connectivity index (χ2n) is 5.76. The molecular weight excluding hydrogens is 334 g/mol. The first-order valence-corrected chi connectivity index (χ1v) is 8.76. The van der Waals surface area contributed by atoms with Crippen molar-refractivity contribution in [1.82, 2.24) is 4.98 Å². The number of thiazole rings is 1. The molecule has 6 heteroatoms. The lowest BCUT2D eigenvalue weighted by Gasteiger charge is -2.11. The zero-order valence-electron chi connectivity index (χ0n) is 14.0. The van der Waals surface area contributed by atoms with E-state index in [9.17, 15) is 9.90 Å². The third-order valence-electron chi connectivity index (χ3n) is 3.83. The second kappa shape index (κ2) is 7.36. The SMILES string of the molecule is Cc1csc(NC(=O)c2ccc(NCc3ccccc3C)cc2O)n1. The Labute approximate surface area is 150 Å². The summed E-state index contributed by atoms with van der Waals surface area (Å²) in [6.07, 6.45) is 0. The minimum atomic E-state index is -0.377. The number of benzene rings is 2. The lowest BCUT2D eigenvalue weighted by atomic mass is 10.1. The highest BCUT2D eigenvalue weighted by Crippen LogP contribution is 2.24. The number of rotatable bonds is 5. The number of anilines is 2. The standard InChI is InChI=1S/C19H19N3O2S/c1-12-5-3-4-6-14(12)10-20-15-7-8-16(17(23)9-15)18(24)22-19-21-13(2)11-25-19/h3-9,11,20,23H,10H2,1-2H3,(H,21,22,24). The minimum absolute atomic E-state index is 0.0689. The molecular formula is C19H19N3O2S. The molecule has 0 aliphatic heterocycles. The lowest BCUT2D eigenvalue weighted by Crippen LogP contribution is -2.12. The summed E-state index contributed by atoms with van der Waals surface area (Å²) in [5.74, 6) is -0.446. The summed E-state index contributed by atoms with van der Waals surface area (Å²) in [5.41, 5.74) is 4.20. The van der Waals surface area contributed by atoms with Gasteiger partial charge in [-0.3, -0.25) is 10.1 Å². The third kappa shape index (κ3) is 4.16. The predicted molar refractivity (Wildman–Crippen MR) is 101 cm³/mol. The molecule has 0 unspecified atom stereocenters. The van der Waals surface area contributed by atoms with Crippen molar-refractivity contribution >= 4 is 28.1 Å². The molecule has 0 aliphatic rings. The first kappa shape index (κ1) is 17.0. The molecule has 0 atom stereocenters. The fourth-order valence-electron chi connectivity index (χ4n) is 2.42. The summed E-state index contributed by atoms with van der Waals surface area (Å²) in [7, 11) is 0. The molecule has 0 spiro atoms. The van der Waals surface area contributed by atoms with Crippen LogP contribution in [0.15, 0.2) is 47.8 Å². The smallest absolute Gasteiger partial charge is 0.261 e. The van der Waals surface area contributed by atoms with Crippen molar-refractivity contribution in [3.8, 4) is 5.75 Å². The Hall–Kier alpha value is -2.86. The molecule has 2 aromatic carbocycles. The van der Waals surface area contributed by atoms with Gasteiger partial charge in [0.25, 0.3) is 5.91 Å². The summed E-state index contributed by atoms with van der Waals surface area (Å²) in [5, 5.41) is 18.5. The fraction of sp³-hybridized carbons (Fsp3) is 0.158. The molecule has 0 fully saturated rings. The van der Waals surface area contributed by atoms with Gasteiger partial charge in [-0.1, -0.05) is 24.3 Å². The number of phenolic OH excluding ortho intramolecular Hbond substituents is 1. The Kier molecular flexibility index (Phi) is 5.00. The first-order chi connectivity index (χ1) is 12.0. The van der Waals surface area contributed by atoms with Crippen LogP contribution in [0, 0.1) is 13.8 Å². The van der Waals surface area contributed by atoms with Crippen molar-refractivity contribution in [2.75, 3.05) is 10.6 Å². The van der Waals surface area contributed by atoms with Crippen molar-refractivity contribution in [2.24, 2.45) is 0 Å². The zero-order valence-corrected chi connectivity index (χ0v) is 14.9. The first-order valence-electron chi connectivity index (χ1n) is 7.88. The van der Waals surface area contributed by atoms with Crippen molar-refractivity contribution in [3.63, 3.8) is 0 Å². The van der Waals surface area contributed by atoms with Crippen LogP contribution in [-0.2, 0) is 6.54 Å². The van der Waals surface area contributed by atoms with E-state index in [4.69, 9.17) is 0 Å². The van der Waals surface area contributed by atoms with Gasteiger partial charge in [0.15, 0.2) is 5.13 Å². The Balaban J connectivity index is 1.68. The Morgan fingerprint density at radius 2 is 2.00 bits per heavy atom. The number of nitrogens with one attached hydrogen (secondary N) is 2. The van der Waals surface area contributed by atoms with E-state index >= 15 is 0 Å². The summed E-state index contributed by atoms with van der Waals surface area (Å²) in [6, 6.07) is 13.0. The van der Waals surface area contributed by atoms with Crippen LogP contribution in [-0.4, -0.2) is 16.0 Å². The van der Waals surface area contributed by atoms with Gasteiger partial charge in [0.1, 0.15) is 5.75 Å². The fourth-order valence-corrected chi connectivity index (χ4v) is 3.10. The minimum Gasteiger partial charge on any atom is -0.507 e. The molecule has 0 aliphatic carbocycles. The molecule has 3 aromatic rings. The van der Waals surface area contributed by atoms with Crippen molar-refractivity contribution in [3.05, 3.63) is 70.2 Å². The van der Waals surface area contributed by atoms with Gasteiger partial charge in [-0.25, -0.2) is 4.98 Å². The summed E-state index contributed by atoms with van der Waals surface area (Å²) in [6.45, 7) is 4.57. The predicted octanol–water partition coefficient (Wildman–Crippen LogP) is 4.33. The number of aromatic nitrogens is 1. The van der Waals surface area contributed by atoms with E-state index in [-0.39, 0.29) is 17.2 Å². The van der Waals surface area contributed by atoms with E-state index < -0.39 is 0 Å². The second-order valence-corrected chi connectivity index (χ2v) is 6.62. The van der Waals surface area contributed by atoms with Crippen LogP contribution in [0.5, 0.6) is 5.75 Å². The molecule has 0 bridgehead atoms. The van der Waals surface area contributed by atoms with Gasteiger partial charge < -0.3 is 10.4 Å². The third-order valence-corrected chi connectivity index (χ3v) is 4.70. The highest BCUT2D eigenvalue weighted by molar-refractivity contribution is 7.13. The maximum atomic E-state index is 12.3. The monoisotopic (exact) mass is 353 g/mol. The number of aryl methyl sites for hydroxylation is 2. The lowest BCUT2D eigenvalue weighted by molar-refractivity contribution is 0.102. The number of carbonyl (C=O) groups excluding carboxylic acids is 1. The molecule has 5 nitrogen and oxygen atoms in total. The van der Waals surface area contributed by atoms with E-state index in [1.807, 2.05) is 24.4 Å². The van der Waals surface area contributed by atoms with Crippen molar-refractivity contribution in [2.45, 2.75) is 20.4 Å². The molecule has 3 rings (SSSR count). The van der Waals surface area contributed by atoms with E-state index in [1.165, 1.54) is 22.5 Å². The van der Waals surface area contributed by atoms with Gasteiger partial charge in [-0.05, 0) is 37.1 Å². The molecule has 25 heavy (non-hydrogen) atoms. The maximum Gasteiger partial charge on any atom is 0.261 e. The topological polar surface area (TPSA) is 74.2 Å².